The summed E-state index contributed by atoms with van der Waals surface area (Å²) in [5, 5.41) is 9.95. The molecule has 1 N–H and O–H groups in total. The Labute approximate surface area is 93.7 Å². The Kier molecular flexibility index (Phi) is 2.60. The molecule has 0 spiro atoms. The molecule has 1 aromatic heterocycles. The molecule has 82 valence electrons. The molecule has 0 fully saturated rings. The van der Waals surface area contributed by atoms with Crippen LogP contribution in [0.4, 0.5) is 0 Å². The van der Waals surface area contributed by atoms with Crippen molar-refractivity contribution in [3.05, 3.63) is 41.1 Å². The molecule has 2 aromatic rings. The number of aromatic nitrogens is 1. The Balaban J connectivity index is 2.72. The first-order valence-electron chi connectivity index (χ1n) is 5.25. The third-order valence-electron chi connectivity index (χ3n) is 2.71. The minimum Gasteiger partial charge on any atom is -0.477 e. The maximum Gasteiger partial charge on any atom is 0.354 e. The van der Waals surface area contributed by atoms with Gasteiger partial charge >= 0.3 is 5.97 Å². The zero-order valence-electron chi connectivity index (χ0n) is 9.32. The maximum absolute atomic E-state index is 10.9. The van der Waals surface area contributed by atoms with Gasteiger partial charge < -0.3 is 5.11 Å². The number of rotatable bonds is 2. The van der Waals surface area contributed by atoms with Crippen LogP contribution in [-0.2, 0) is 6.42 Å². The third-order valence-corrected chi connectivity index (χ3v) is 2.71. The molecule has 0 unspecified atom stereocenters. The van der Waals surface area contributed by atoms with Crippen molar-refractivity contribution in [3.8, 4) is 0 Å². The molecular formula is C13H13NO2. The highest BCUT2D eigenvalue weighted by Crippen LogP contribution is 2.19. The first-order valence-corrected chi connectivity index (χ1v) is 5.25. The van der Waals surface area contributed by atoms with Crippen LogP contribution in [0.3, 0.4) is 0 Å². The average Bonchev–Trinajstić information content (AvgIpc) is 2.28. The van der Waals surface area contributed by atoms with Gasteiger partial charge in [0.05, 0.1) is 5.52 Å². The monoisotopic (exact) mass is 215 g/mol. The molecule has 0 aliphatic heterocycles. The zero-order valence-corrected chi connectivity index (χ0v) is 9.32. The van der Waals surface area contributed by atoms with Gasteiger partial charge in [0.25, 0.3) is 0 Å². The van der Waals surface area contributed by atoms with Gasteiger partial charge in [0, 0.05) is 5.39 Å². The molecule has 0 saturated heterocycles. The molecule has 0 atom stereocenters. The predicted octanol–water partition coefficient (Wildman–Crippen LogP) is 2.80. The summed E-state index contributed by atoms with van der Waals surface area (Å²) in [5.41, 5.74) is 2.99. The summed E-state index contributed by atoms with van der Waals surface area (Å²) in [7, 11) is 0. The highest BCUT2D eigenvalue weighted by atomic mass is 16.4. The fourth-order valence-corrected chi connectivity index (χ4v) is 1.78. The molecular weight excluding hydrogens is 202 g/mol. The summed E-state index contributed by atoms with van der Waals surface area (Å²) < 4.78 is 0. The molecule has 2 rings (SSSR count). The summed E-state index contributed by atoms with van der Waals surface area (Å²) in [6.07, 6.45) is 0.925. The molecule has 3 nitrogen and oxygen atoms in total. The number of hydrogen-bond donors (Lipinski definition) is 1. The zero-order chi connectivity index (χ0) is 11.7. The van der Waals surface area contributed by atoms with Gasteiger partial charge in [-0.2, -0.15) is 0 Å². The molecule has 0 radical (unpaired) electrons. The van der Waals surface area contributed by atoms with E-state index < -0.39 is 5.97 Å². The lowest BCUT2D eigenvalue weighted by Crippen LogP contribution is -2.01. The Hall–Kier alpha value is -1.90. The van der Waals surface area contributed by atoms with E-state index in [0.29, 0.717) is 0 Å². The molecule has 3 heteroatoms. The van der Waals surface area contributed by atoms with Crippen LogP contribution in [-0.4, -0.2) is 16.1 Å². The number of carboxylic acids is 1. The Morgan fingerprint density at radius 3 is 2.75 bits per heavy atom. The topological polar surface area (TPSA) is 50.2 Å². The van der Waals surface area contributed by atoms with Crippen molar-refractivity contribution in [3.63, 3.8) is 0 Å². The van der Waals surface area contributed by atoms with Crippen molar-refractivity contribution in [2.75, 3.05) is 0 Å². The number of aromatic carboxylic acids is 1. The van der Waals surface area contributed by atoms with Gasteiger partial charge in [-0.05, 0) is 36.6 Å². The van der Waals surface area contributed by atoms with Crippen molar-refractivity contribution in [2.45, 2.75) is 20.3 Å². The van der Waals surface area contributed by atoms with Crippen molar-refractivity contribution < 1.29 is 9.90 Å². The van der Waals surface area contributed by atoms with Crippen LogP contribution in [0, 0.1) is 6.92 Å². The fourth-order valence-electron chi connectivity index (χ4n) is 1.78. The number of aryl methyl sites for hydroxylation is 2. The molecule has 1 heterocycles. The minimum atomic E-state index is -0.980. The molecule has 0 aliphatic carbocycles. The van der Waals surface area contributed by atoms with Gasteiger partial charge in [-0.1, -0.05) is 19.1 Å². The van der Waals surface area contributed by atoms with Gasteiger partial charge in [-0.15, -0.1) is 0 Å². The quantitative estimate of drug-likeness (QED) is 0.838. The Morgan fingerprint density at radius 1 is 1.38 bits per heavy atom. The van der Waals surface area contributed by atoms with Crippen molar-refractivity contribution in [1.29, 1.82) is 0 Å². The number of fused-ring (bicyclic) bond motifs is 1. The number of carbonyl (C=O) groups is 1. The van der Waals surface area contributed by atoms with Crippen LogP contribution in [0.15, 0.2) is 24.3 Å². The second kappa shape index (κ2) is 3.93. The normalized spacial score (nSPS) is 10.6. The van der Waals surface area contributed by atoms with Gasteiger partial charge in [0.15, 0.2) is 0 Å². The maximum atomic E-state index is 10.9. The molecule has 0 bridgehead atoms. The van der Waals surface area contributed by atoms with E-state index >= 15 is 0 Å². The van der Waals surface area contributed by atoms with E-state index in [9.17, 15) is 4.79 Å². The van der Waals surface area contributed by atoms with Crippen molar-refractivity contribution >= 4 is 16.9 Å². The van der Waals surface area contributed by atoms with Crippen LogP contribution in [0.5, 0.6) is 0 Å². The largest absolute Gasteiger partial charge is 0.477 e. The highest BCUT2D eigenvalue weighted by Gasteiger charge is 2.08. The minimum absolute atomic E-state index is 0.109. The van der Waals surface area contributed by atoms with Crippen molar-refractivity contribution in [1.82, 2.24) is 4.98 Å². The summed E-state index contributed by atoms with van der Waals surface area (Å²) in [5.74, 6) is -0.980. The lowest BCUT2D eigenvalue weighted by Gasteiger charge is -2.05. The lowest BCUT2D eigenvalue weighted by atomic mass is 10.1. The summed E-state index contributed by atoms with van der Waals surface area (Å²) in [4.78, 5) is 15.0. The Bertz CT molecular complexity index is 561. The number of nitrogens with zero attached hydrogens (tertiary/aromatic N) is 1. The van der Waals surface area contributed by atoms with E-state index in [2.05, 4.69) is 18.0 Å². The standard InChI is InChI=1S/C13H13NO2/c1-3-9-4-5-10-8(2)6-12(13(15)16)14-11(10)7-9/h4-7H,3H2,1-2H3,(H,15,16). The number of benzene rings is 1. The highest BCUT2D eigenvalue weighted by molar-refractivity contribution is 5.91. The molecule has 0 saturated carbocycles. The van der Waals surface area contributed by atoms with Gasteiger partial charge in [-0.3, -0.25) is 0 Å². The lowest BCUT2D eigenvalue weighted by molar-refractivity contribution is 0.0691. The number of pyridine rings is 1. The van der Waals surface area contributed by atoms with E-state index in [0.717, 1.165) is 22.9 Å². The second-order valence-corrected chi connectivity index (χ2v) is 3.83. The van der Waals surface area contributed by atoms with Crippen LogP contribution in [0.1, 0.15) is 28.5 Å². The molecule has 1 aromatic carbocycles. The third kappa shape index (κ3) is 1.76. The van der Waals surface area contributed by atoms with Crippen LogP contribution in [0.2, 0.25) is 0 Å². The second-order valence-electron chi connectivity index (χ2n) is 3.83. The number of hydrogen-bond acceptors (Lipinski definition) is 2. The van der Waals surface area contributed by atoms with Crippen LogP contribution in [0.25, 0.3) is 10.9 Å². The van der Waals surface area contributed by atoms with Crippen LogP contribution < -0.4 is 0 Å². The summed E-state index contributed by atoms with van der Waals surface area (Å²) in [6.45, 7) is 3.97. The average molecular weight is 215 g/mol. The fraction of sp³-hybridized carbons (Fsp3) is 0.231. The van der Waals surface area contributed by atoms with Gasteiger partial charge in [-0.25, -0.2) is 9.78 Å². The Morgan fingerprint density at radius 2 is 2.12 bits per heavy atom. The SMILES string of the molecule is CCc1ccc2c(C)cc(C(=O)O)nc2c1. The predicted molar refractivity (Wildman–Crippen MR) is 62.8 cm³/mol. The first kappa shape index (κ1) is 10.6. The van der Waals surface area contributed by atoms with E-state index in [1.54, 1.807) is 6.07 Å². The number of carboxylic acid groups (broad SMARTS) is 1. The van der Waals surface area contributed by atoms with Crippen LogP contribution >= 0.6 is 0 Å². The van der Waals surface area contributed by atoms with E-state index in [-0.39, 0.29) is 5.69 Å². The van der Waals surface area contributed by atoms with Gasteiger partial charge in [0.2, 0.25) is 0 Å². The first-order chi connectivity index (χ1) is 7.61. The van der Waals surface area contributed by atoms with E-state index in [4.69, 9.17) is 5.11 Å². The summed E-state index contributed by atoms with van der Waals surface area (Å²) in [6, 6.07) is 7.62. The molecule has 0 amide bonds. The van der Waals surface area contributed by atoms with E-state index in [1.807, 2.05) is 19.1 Å². The van der Waals surface area contributed by atoms with Crippen molar-refractivity contribution in [2.24, 2.45) is 0 Å². The molecule has 16 heavy (non-hydrogen) atoms. The summed E-state index contributed by atoms with van der Waals surface area (Å²) >= 11 is 0. The molecule has 0 aliphatic rings. The van der Waals surface area contributed by atoms with E-state index in [1.165, 1.54) is 5.56 Å². The van der Waals surface area contributed by atoms with Gasteiger partial charge in [0.1, 0.15) is 5.69 Å². The smallest absolute Gasteiger partial charge is 0.354 e.